The first-order chi connectivity index (χ1) is 7.08. The van der Waals surface area contributed by atoms with E-state index in [0.717, 1.165) is 22.3 Å². The van der Waals surface area contributed by atoms with Crippen molar-refractivity contribution in [1.82, 2.24) is 19.1 Å². The summed E-state index contributed by atoms with van der Waals surface area (Å²) in [4.78, 5) is 4.46. The Kier molecular flexibility index (Phi) is 2.56. The second kappa shape index (κ2) is 3.73. The Morgan fingerprint density at radius 1 is 1.33 bits per heavy atom. The summed E-state index contributed by atoms with van der Waals surface area (Å²) in [5.41, 5.74) is 2.10. The standard InChI is InChI=1S/C10H14N4S/c1-6(2)9-11-10(15-13-9)14-8(4)5-7(3)12-14/h5-6H,1-4H3. The molecule has 0 unspecified atom stereocenters. The van der Waals surface area contributed by atoms with Gasteiger partial charge < -0.3 is 0 Å². The van der Waals surface area contributed by atoms with Gasteiger partial charge in [0.15, 0.2) is 0 Å². The SMILES string of the molecule is Cc1cc(C)n(-c2nc(C(C)C)ns2)n1. The predicted molar refractivity (Wildman–Crippen MR) is 60.6 cm³/mol. The number of hydrogen-bond donors (Lipinski definition) is 0. The van der Waals surface area contributed by atoms with Crippen LogP contribution in [-0.2, 0) is 0 Å². The van der Waals surface area contributed by atoms with Gasteiger partial charge in [0.25, 0.3) is 0 Å². The molecule has 2 aromatic rings. The Morgan fingerprint density at radius 3 is 2.53 bits per heavy atom. The average molecular weight is 222 g/mol. The maximum Gasteiger partial charge on any atom is 0.230 e. The van der Waals surface area contributed by atoms with E-state index in [-0.39, 0.29) is 0 Å². The van der Waals surface area contributed by atoms with Crippen LogP contribution in [0.4, 0.5) is 0 Å². The zero-order valence-electron chi connectivity index (χ0n) is 9.35. The second-order valence-electron chi connectivity index (χ2n) is 3.93. The molecule has 0 saturated carbocycles. The zero-order chi connectivity index (χ0) is 11.0. The van der Waals surface area contributed by atoms with Gasteiger partial charge in [-0.1, -0.05) is 13.8 Å². The van der Waals surface area contributed by atoms with Crippen LogP contribution in [0, 0.1) is 13.8 Å². The van der Waals surface area contributed by atoms with E-state index >= 15 is 0 Å². The minimum Gasteiger partial charge on any atom is -0.209 e. The Labute approximate surface area is 93.1 Å². The summed E-state index contributed by atoms with van der Waals surface area (Å²) in [6, 6.07) is 2.04. The van der Waals surface area contributed by atoms with E-state index in [4.69, 9.17) is 0 Å². The van der Waals surface area contributed by atoms with Gasteiger partial charge in [-0.05, 0) is 19.9 Å². The summed E-state index contributed by atoms with van der Waals surface area (Å²) < 4.78 is 6.16. The molecule has 2 rings (SSSR count). The van der Waals surface area contributed by atoms with Crippen molar-refractivity contribution in [3.63, 3.8) is 0 Å². The summed E-state index contributed by atoms with van der Waals surface area (Å²) in [6.07, 6.45) is 0. The first-order valence-corrected chi connectivity index (χ1v) is 5.72. The van der Waals surface area contributed by atoms with E-state index in [2.05, 4.69) is 28.3 Å². The second-order valence-corrected chi connectivity index (χ2v) is 4.66. The van der Waals surface area contributed by atoms with E-state index < -0.39 is 0 Å². The van der Waals surface area contributed by atoms with Crippen molar-refractivity contribution in [2.45, 2.75) is 33.6 Å². The Bertz CT molecular complexity index is 469. The van der Waals surface area contributed by atoms with Crippen molar-refractivity contribution >= 4 is 11.5 Å². The van der Waals surface area contributed by atoms with Gasteiger partial charge in [-0.2, -0.15) is 9.47 Å². The third-order valence-electron chi connectivity index (χ3n) is 2.14. The molecule has 0 spiro atoms. The quantitative estimate of drug-likeness (QED) is 0.784. The lowest BCUT2D eigenvalue weighted by atomic mass is 10.2. The normalized spacial score (nSPS) is 11.3. The minimum atomic E-state index is 0.368. The van der Waals surface area contributed by atoms with Gasteiger partial charge in [-0.3, -0.25) is 0 Å². The maximum absolute atomic E-state index is 4.46. The van der Waals surface area contributed by atoms with Crippen molar-refractivity contribution in [2.24, 2.45) is 0 Å². The Balaban J connectivity index is 2.41. The lowest BCUT2D eigenvalue weighted by Gasteiger charge is -1.97. The molecule has 0 aliphatic rings. The van der Waals surface area contributed by atoms with E-state index in [1.807, 2.05) is 24.6 Å². The molecule has 0 saturated heterocycles. The van der Waals surface area contributed by atoms with Gasteiger partial charge in [0, 0.05) is 23.1 Å². The van der Waals surface area contributed by atoms with Crippen LogP contribution in [-0.4, -0.2) is 19.1 Å². The minimum absolute atomic E-state index is 0.368. The van der Waals surface area contributed by atoms with Crippen molar-refractivity contribution in [3.05, 3.63) is 23.3 Å². The van der Waals surface area contributed by atoms with Gasteiger partial charge in [0.1, 0.15) is 5.82 Å². The average Bonchev–Trinajstić information content (AvgIpc) is 2.71. The molecule has 80 valence electrons. The van der Waals surface area contributed by atoms with Crippen LogP contribution in [0.25, 0.3) is 5.13 Å². The molecule has 15 heavy (non-hydrogen) atoms. The summed E-state index contributed by atoms with van der Waals surface area (Å²) in [5.74, 6) is 1.26. The van der Waals surface area contributed by atoms with Crippen LogP contribution >= 0.6 is 11.5 Å². The molecule has 2 aromatic heterocycles. The van der Waals surface area contributed by atoms with Crippen LogP contribution < -0.4 is 0 Å². The maximum atomic E-state index is 4.46. The zero-order valence-corrected chi connectivity index (χ0v) is 10.2. The molecule has 5 heteroatoms. The van der Waals surface area contributed by atoms with Gasteiger partial charge in [-0.15, -0.1) is 0 Å². The van der Waals surface area contributed by atoms with Gasteiger partial charge in [0.05, 0.1) is 5.69 Å². The highest BCUT2D eigenvalue weighted by atomic mass is 32.1. The van der Waals surface area contributed by atoms with Crippen molar-refractivity contribution in [1.29, 1.82) is 0 Å². The predicted octanol–water partition coefficient (Wildman–Crippen LogP) is 2.46. The van der Waals surface area contributed by atoms with Crippen molar-refractivity contribution < 1.29 is 0 Å². The first kappa shape index (κ1) is 10.3. The molecular weight excluding hydrogens is 208 g/mol. The van der Waals surface area contributed by atoms with Crippen molar-refractivity contribution in [3.8, 4) is 5.13 Å². The number of hydrogen-bond acceptors (Lipinski definition) is 4. The fraction of sp³-hybridized carbons (Fsp3) is 0.500. The molecule has 0 fully saturated rings. The molecule has 0 aliphatic carbocycles. The fourth-order valence-electron chi connectivity index (χ4n) is 1.37. The number of nitrogens with zero attached hydrogens (tertiary/aromatic N) is 4. The van der Waals surface area contributed by atoms with Crippen LogP contribution in [0.2, 0.25) is 0 Å². The van der Waals surface area contributed by atoms with Crippen LogP contribution in [0.15, 0.2) is 6.07 Å². The van der Waals surface area contributed by atoms with Crippen LogP contribution in [0.1, 0.15) is 37.0 Å². The van der Waals surface area contributed by atoms with Crippen LogP contribution in [0.5, 0.6) is 0 Å². The van der Waals surface area contributed by atoms with Gasteiger partial charge >= 0.3 is 0 Å². The number of aryl methyl sites for hydroxylation is 2. The first-order valence-electron chi connectivity index (χ1n) is 4.95. The van der Waals surface area contributed by atoms with E-state index in [1.54, 1.807) is 0 Å². The third kappa shape index (κ3) is 1.92. The highest BCUT2D eigenvalue weighted by molar-refractivity contribution is 7.08. The summed E-state index contributed by atoms with van der Waals surface area (Å²) in [6.45, 7) is 8.18. The third-order valence-corrected chi connectivity index (χ3v) is 2.84. The molecule has 0 N–H and O–H groups in total. The molecule has 0 aliphatic heterocycles. The van der Waals surface area contributed by atoms with Crippen molar-refractivity contribution in [2.75, 3.05) is 0 Å². The van der Waals surface area contributed by atoms with E-state index in [0.29, 0.717) is 5.92 Å². The van der Waals surface area contributed by atoms with Crippen LogP contribution in [0.3, 0.4) is 0 Å². The summed E-state index contributed by atoms with van der Waals surface area (Å²) >= 11 is 1.40. The number of aromatic nitrogens is 4. The molecule has 0 aromatic carbocycles. The summed E-state index contributed by atoms with van der Waals surface area (Å²) in [7, 11) is 0. The molecule has 0 bridgehead atoms. The highest BCUT2D eigenvalue weighted by Gasteiger charge is 2.11. The molecule has 0 atom stereocenters. The Hall–Kier alpha value is -1.23. The summed E-state index contributed by atoms with van der Waals surface area (Å²) in [5, 5.41) is 5.23. The van der Waals surface area contributed by atoms with E-state index in [1.165, 1.54) is 11.5 Å². The molecule has 0 amide bonds. The van der Waals surface area contributed by atoms with E-state index in [9.17, 15) is 0 Å². The van der Waals surface area contributed by atoms with Gasteiger partial charge in [0.2, 0.25) is 5.13 Å². The fourth-order valence-corrected chi connectivity index (χ4v) is 2.19. The monoisotopic (exact) mass is 222 g/mol. The Morgan fingerprint density at radius 2 is 2.07 bits per heavy atom. The molecule has 4 nitrogen and oxygen atoms in total. The number of rotatable bonds is 2. The smallest absolute Gasteiger partial charge is 0.209 e. The van der Waals surface area contributed by atoms with Gasteiger partial charge in [-0.25, -0.2) is 9.67 Å². The highest BCUT2D eigenvalue weighted by Crippen LogP contribution is 2.18. The molecule has 0 radical (unpaired) electrons. The largest absolute Gasteiger partial charge is 0.230 e. The topological polar surface area (TPSA) is 43.6 Å². The lowest BCUT2D eigenvalue weighted by Crippen LogP contribution is -1.99. The lowest BCUT2D eigenvalue weighted by molar-refractivity contribution is 0.771. The molecule has 2 heterocycles. The molecular formula is C10H14N4S.